The number of aryl methyl sites for hydroxylation is 1. The Bertz CT molecular complexity index is 2950. The van der Waals surface area contributed by atoms with Gasteiger partial charge in [-0.1, -0.05) is 23.0 Å². The van der Waals surface area contributed by atoms with Gasteiger partial charge in [0.05, 0.1) is 87.9 Å². The van der Waals surface area contributed by atoms with Crippen LogP contribution in [-0.2, 0) is 51.3 Å². The lowest BCUT2D eigenvalue weighted by Gasteiger charge is -2.19. The molecule has 5 aliphatic rings. The van der Waals surface area contributed by atoms with Gasteiger partial charge in [0.2, 0.25) is 0 Å². The van der Waals surface area contributed by atoms with Gasteiger partial charge in [-0.2, -0.15) is 0 Å². The number of hydrogen-bond donors (Lipinski definition) is 0. The molecule has 0 spiro atoms. The van der Waals surface area contributed by atoms with Crippen molar-refractivity contribution in [2.45, 2.75) is 97.4 Å². The summed E-state index contributed by atoms with van der Waals surface area (Å²) < 4.78 is 40.7. The van der Waals surface area contributed by atoms with Gasteiger partial charge >= 0.3 is 0 Å². The molecule has 404 valence electrons. The third kappa shape index (κ3) is 15.1. The minimum Gasteiger partial charge on any atom is -0.493 e. The van der Waals surface area contributed by atoms with Gasteiger partial charge in [0.25, 0.3) is 23.6 Å². The molecule has 0 unspecified atom stereocenters. The summed E-state index contributed by atoms with van der Waals surface area (Å²) in [7, 11) is 1.53. The molecular weight excluding hydrogens is 987 g/mol. The second kappa shape index (κ2) is 27.0. The quantitative estimate of drug-likeness (QED) is 0.0390. The highest BCUT2D eigenvalue weighted by molar-refractivity contribution is 6.13. The molecule has 0 saturated heterocycles. The molecule has 3 aromatic carbocycles. The number of methoxy groups -OCH3 is 1. The average molecular weight is 1050 g/mol. The molecule has 18 heteroatoms. The summed E-state index contributed by atoms with van der Waals surface area (Å²) in [6, 6.07) is 12.6. The van der Waals surface area contributed by atoms with Crippen LogP contribution >= 0.6 is 0 Å². The third-order valence-electron chi connectivity index (χ3n) is 13.3. The standard InChI is InChI=1S/C59H65N5O13/c1-39-24-45-33-60-51-31-53(41(3)26-49(51)58(69)63(45)35-39)76-37-43-27-42(28-44(29-43)38-77-55-32-52-50(30-54(55)71-4)59(70)64-36-40(2)25-46(64)34-61-52)8-5-6-9-48(66)14-17-73-19-21-75-23-22-74-20-18-72-16-7-10-47(65)13-15-62-56(67)11-12-57(62)68/h11-12,26-36,45-46H,6-7,9-10,13-25,37-38H2,1-4H3/t45-,46-/m0/s1. The van der Waals surface area contributed by atoms with E-state index in [4.69, 9.17) is 38.2 Å². The predicted octanol–water partition coefficient (Wildman–Crippen LogP) is 7.65. The first-order valence-electron chi connectivity index (χ1n) is 26.0. The van der Waals surface area contributed by atoms with Crippen molar-refractivity contribution in [3.63, 3.8) is 0 Å². The van der Waals surface area contributed by atoms with Crippen molar-refractivity contribution in [1.82, 2.24) is 14.7 Å². The van der Waals surface area contributed by atoms with Crippen LogP contribution in [0.4, 0.5) is 11.4 Å². The van der Waals surface area contributed by atoms with Crippen LogP contribution in [0.3, 0.4) is 0 Å². The van der Waals surface area contributed by atoms with E-state index in [1.807, 2.05) is 69.7 Å². The normalized spacial score (nSPS) is 17.1. The average Bonchev–Trinajstić information content (AvgIpc) is 4.06. The molecule has 18 nitrogen and oxygen atoms in total. The molecule has 77 heavy (non-hydrogen) atoms. The monoisotopic (exact) mass is 1050 g/mol. The molecule has 0 aliphatic carbocycles. The van der Waals surface area contributed by atoms with Crippen molar-refractivity contribution in [1.29, 1.82) is 0 Å². The molecule has 8 rings (SSSR count). The van der Waals surface area contributed by atoms with Gasteiger partial charge in [0, 0.05) is 99.9 Å². The van der Waals surface area contributed by atoms with Crippen LogP contribution in [0.15, 0.2) is 88.1 Å². The van der Waals surface area contributed by atoms with E-state index in [1.54, 1.807) is 28.1 Å². The Labute approximate surface area is 448 Å². The molecule has 5 aliphatic heterocycles. The maximum Gasteiger partial charge on any atom is 0.260 e. The van der Waals surface area contributed by atoms with E-state index in [2.05, 4.69) is 16.8 Å². The fourth-order valence-electron chi connectivity index (χ4n) is 9.26. The van der Waals surface area contributed by atoms with Crippen molar-refractivity contribution in [3.8, 4) is 29.1 Å². The molecule has 0 fully saturated rings. The number of imide groups is 1. The summed E-state index contributed by atoms with van der Waals surface area (Å²) in [4.78, 5) is 89.0. The maximum absolute atomic E-state index is 13.6. The van der Waals surface area contributed by atoms with Gasteiger partial charge in [-0.3, -0.25) is 43.7 Å². The number of hydrogen-bond acceptors (Lipinski definition) is 15. The molecule has 0 N–H and O–H groups in total. The molecule has 5 heterocycles. The second-order valence-electron chi connectivity index (χ2n) is 19.3. The fraction of sp³-hybridized carbons (Fsp3) is 0.424. The molecule has 0 saturated carbocycles. The number of nitrogens with zero attached hydrogens (tertiary/aromatic N) is 5. The van der Waals surface area contributed by atoms with Crippen molar-refractivity contribution < 1.29 is 61.9 Å². The predicted molar refractivity (Wildman–Crippen MR) is 286 cm³/mol. The number of ether oxygens (including phenoxy) is 7. The first-order chi connectivity index (χ1) is 37.3. The van der Waals surface area contributed by atoms with Crippen molar-refractivity contribution in [2.75, 3.05) is 66.5 Å². The zero-order chi connectivity index (χ0) is 54.3. The molecule has 2 atom stereocenters. The Kier molecular flexibility index (Phi) is 19.5. The van der Waals surface area contributed by atoms with E-state index in [-0.39, 0.29) is 92.9 Å². The number of carbonyl (C=O) groups is 6. The highest BCUT2D eigenvalue weighted by Gasteiger charge is 2.33. The number of ketones is 2. The second-order valence-corrected chi connectivity index (χ2v) is 19.3. The van der Waals surface area contributed by atoms with E-state index < -0.39 is 0 Å². The van der Waals surface area contributed by atoms with Crippen LogP contribution < -0.4 is 14.2 Å². The number of benzene rings is 3. The summed E-state index contributed by atoms with van der Waals surface area (Å²) in [5.74, 6) is 6.79. The lowest BCUT2D eigenvalue weighted by atomic mass is 10.1. The molecule has 0 bridgehead atoms. The molecule has 0 radical (unpaired) electrons. The Morgan fingerprint density at radius 1 is 0.597 bits per heavy atom. The summed E-state index contributed by atoms with van der Waals surface area (Å²) in [5, 5.41) is 0. The lowest BCUT2D eigenvalue weighted by molar-refractivity contribution is -0.137. The maximum atomic E-state index is 13.6. The topological polar surface area (TPSA) is 201 Å². The Morgan fingerprint density at radius 3 is 1.73 bits per heavy atom. The Morgan fingerprint density at radius 2 is 1.13 bits per heavy atom. The summed E-state index contributed by atoms with van der Waals surface area (Å²) in [6.45, 7) is 9.20. The molecular formula is C59H65N5O13. The van der Waals surface area contributed by atoms with Crippen LogP contribution in [-0.4, -0.2) is 141 Å². The lowest BCUT2D eigenvalue weighted by Crippen LogP contribution is -2.32. The first-order valence-corrected chi connectivity index (χ1v) is 26.0. The largest absolute Gasteiger partial charge is 0.493 e. The fourth-order valence-corrected chi connectivity index (χ4v) is 9.26. The summed E-state index contributed by atoms with van der Waals surface area (Å²) in [5.41, 5.74) is 7.35. The number of fused-ring (bicyclic) bond motifs is 4. The minimum absolute atomic E-state index is 0.0284. The van der Waals surface area contributed by atoms with Crippen molar-refractivity contribution >= 4 is 59.0 Å². The molecule has 0 aromatic heterocycles. The number of rotatable bonds is 28. The van der Waals surface area contributed by atoms with Crippen LogP contribution in [0.2, 0.25) is 0 Å². The van der Waals surface area contributed by atoms with E-state index in [1.165, 1.54) is 19.3 Å². The minimum atomic E-state index is -0.388. The van der Waals surface area contributed by atoms with Crippen molar-refractivity contribution in [2.24, 2.45) is 9.98 Å². The first kappa shape index (κ1) is 55.7. The van der Waals surface area contributed by atoms with Crippen LogP contribution in [0.25, 0.3) is 0 Å². The highest BCUT2D eigenvalue weighted by atomic mass is 16.6. The Hall–Kier alpha value is -7.56. The van der Waals surface area contributed by atoms with Crippen LogP contribution in [0.5, 0.6) is 17.2 Å². The van der Waals surface area contributed by atoms with Crippen molar-refractivity contribution in [3.05, 3.63) is 112 Å². The van der Waals surface area contributed by atoms with Gasteiger partial charge in [-0.05, 0) is 87.1 Å². The van der Waals surface area contributed by atoms with Gasteiger partial charge in [0.1, 0.15) is 30.5 Å². The summed E-state index contributed by atoms with van der Waals surface area (Å²) in [6.07, 6.45) is 13.1. The number of carbonyl (C=O) groups excluding carboxylic acids is 6. The number of Topliss-reactive ketones (excluding diaryl/α,β-unsaturated/α-hetero) is 2. The number of amides is 4. The molecule has 3 aromatic rings. The van der Waals surface area contributed by atoms with Crippen LogP contribution in [0.1, 0.15) is 108 Å². The van der Waals surface area contributed by atoms with Gasteiger partial charge in [-0.25, -0.2) is 0 Å². The van der Waals surface area contributed by atoms with E-state index in [0.29, 0.717) is 111 Å². The third-order valence-corrected chi connectivity index (χ3v) is 13.3. The Balaban J connectivity index is 0.780. The zero-order valence-electron chi connectivity index (χ0n) is 44.1. The van der Waals surface area contributed by atoms with E-state index in [0.717, 1.165) is 45.6 Å². The number of aliphatic imine (C=N–C) groups is 2. The van der Waals surface area contributed by atoms with Gasteiger partial charge in [0.15, 0.2) is 11.5 Å². The van der Waals surface area contributed by atoms with E-state index >= 15 is 0 Å². The van der Waals surface area contributed by atoms with Gasteiger partial charge in [-0.15, -0.1) is 0 Å². The van der Waals surface area contributed by atoms with Gasteiger partial charge < -0.3 is 43.0 Å². The smallest absolute Gasteiger partial charge is 0.260 e. The van der Waals surface area contributed by atoms with Crippen LogP contribution in [0, 0.1) is 18.8 Å². The highest BCUT2D eigenvalue weighted by Crippen LogP contribution is 2.39. The SMILES string of the molecule is COc1cc2c(cc1OCc1cc(C#CCCC(=O)CCOCCOCCOCCOCCCC(=O)CCN3C(=O)C=CC3=O)cc(COc3cc4c(cc3C)C(=O)N3C=C(C)C[C@H]3C=N4)c1)N=C[C@@H]1CC(C)=CN1C2=O. The zero-order valence-corrected chi connectivity index (χ0v) is 44.1. The van der Waals surface area contributed by atoms with E-state index in [9.17, 15) is 28.8 Å². The molecule has 4 amide bonds. The summed E-state index contributed by atoms with van der Waals surface area (Å²) >= 11 is 0.